The van der Waals surface area contributed by atoms with Crippen LogP contribution in [0.15, 0.2) is 29.4 Å². The van der Waals surface area contributed by atoms with Crippen molar-refractivity contribution < 1.29 is 9.60 Å². The first kappa shape index (κ1) is 8.93. The highest BCUT2D eigenvalue weighted by Crippen LogP contribution is 2.61. The Labute approximate surface area is 93.9 Å². The van der Waals surface area contributed by atoms with Gasteiger partial charge in [-0.15, -0.1) is 0 Å². The Morgan fingerprint density at radius 3 is 2.75 bits per heavy atom. The number of fused-ring (bicyclic) bond motifs is 1. The van der Waals surface area contributed by atoms with Gasteiger partial charge in [-0.25, -0.2) is 0 Å². The molecule has 84 valence electrons. The molecule has 2 fully saturated rings. The summed E-state index contributed by atoms with van der Waals surface area (Å²) in [5.74, 6) is 0. The van der Waals surface area contributed by atoms with Crippen LogP contribution in [0.1, 0.15) is 12.8 Å². The van der Waals surface area contributed by atoms with Crippen LogP contribution in [0.25, 0.3) is 0 Å². The summed E-state index contributed by atoms with van der Waals surface area (Å²) in [4.78, 5) is 0.949. The Kier molecular flexibility index (Phi) is 1.43. The van der Waals surface area contributed by atoms with E-state index in [-0.39, 0.29) is 22.9 Å². The van der Waals surface area contributed by atoms with Gasteiger partial charge in [-0.2, -0.15) is 0 Å². The van der Waals surface area contributed by atoms with Gasteiger partial charge in [0.25, 0.3) is 0 Å². The Balaban J connectivity index is 1.99. The zero-order valence-electron chi connectivity index (χ0n) is 9.00. The van der Waals surface area contributed by atoms with Crippen molar-refractivity contribution in [3.63, 3.8) is 0 Å². The van der Waals surface area contributed by atoms with Crippen LogP contribution in [-0.2, 0) is 4.74 Å². The van der Waals surface area contributed by atoms with Crippen LogP contribution >= 0.6 is 0 Å². The van der Waals surface area contributed by atoms with Crippen LogP contribution in [0.5, 0.6) is 0 Å². The average Bonchev–Trinajstić information content (AvgIpc) is 2.71. The molecule has 4 atom stereocenters. The molecule has 3 aliphatic heterocycles. The van der Waals surface area contributed by atoms with Gasteiger partial charge in [0.05, 0.1) is 24.0 Å². The maximum absolute atomic E-state index is 11.9. The van der Waals surface area contributed by atoms with Crippen molar-refractivity contribution in [2.24, 2.45) is 15.9 Å². The molecule has 2 aliphatic carbocycles. The minimum absolute atomic E-state index is 0.0267. The van der Waals surface area contributed by atoms with E-state index < -0.39 is 0 Å². The summed E-state index contributed by atoms with van der Waals surface area (Å²) >= 11 is 0. The summed E-state index contributed by atoms with van der Waals surface area (Å²) in [6.07, 6.45) is 10.5. The van der Waals surface area contributed by atoms with E-state index in [4.69, 9.17) is 4.74 Å². The lowest BCUT2D eigenvalue weighted by Gasteiger charge is -2.52. The molecule has 0 aromatic carbocycles. The lowest BCUT2D eigenvalue weighted by molar-refractivity contribution is -0.612. The molecule has 1 saturated carbocycles. The molecule has 0 aromatic heterocycles. The fourth-order valence-corrected chi connectivity index (χ4v) is 4.07. The van der Waals surface area contributed by atoms with Crippen LogP contribution in [0, 0.1) is 16.0 Å². The molecule has 0 N–H and O–H groups in total. The second-order valence-corrected chi connectivity index (χ2v) is 5.32. The van der Waals surface area contributed by atoms with Crippen molar-refractivity contribution >= 4 is 0 Å². The van der Waals surface area contributed by atoms with E-state index in [0.717, 1.165) is 17.7 Å². The largest absolute Gasteiger partial charge is 0.600 e. The number of azo groups is 1. The standard InChI is InChI=1S/C12H14N2O2/c15-14-10-4-3-9(13-14)11-5-1-2-6-12(10,11)8-16-7-11/h1-2,5-6,9-10H,3-4,7-8H2/t9?,10-,11?,12+/m1/s1. The highest BCUT2D eigenvalue weighted by Gasteiger charge is 2.70. The number of ether oxygens (including phenoxy) is 1. The molecule has 5 rings (SSSR count). The molecular weight excluding hydrogens is 204 g/mol. The third-order valence-electron chi connectivity index (χ3n) is 4.87. The summed E-state index contributed by atoms with van der Waals surface area (Å²) in [5.41, 5.74) is -0.153. The minimum atomic E-state index is -0.117. The maximum Gasteiger partial charge on any atom is 0.202 e. The van der Waals surface area contributed by atoms with Crippen LogP contribution in [-0.4, -0.2) is 30.2 Å². The minimum Gasteiger partial charge on any atom is -0.600 e. The molecule has 4 nitrogen and oxygen atoms in total. The molecule has 0 amide bonds. The van der Waals surface area contributed by atoms with Gasteiger partial charge in [0.2, 0.25) is 6.04 Å². The fourth-order valence-electron chi connectivity index (χ4n) is 4.07. The lowest BCUT2D eigenvalue weighted by Crippen LogP contribution is -2.63. The van der Waals surface area contributed by atoms with Gasteiger partial charge < -0.3 is 9.94 Å². The second-order valence-electron chi connectivity index (χ2n) is 5.32. The average molecular weight is 218 g/mol. The van der Waals surface area contributed by atoms with Gasteiger partial charge in [0.15, 0.2) is 0 Å². The molecule has 1 saturated heterocycles. The molecule has 2 unspecified atom stereocenters. The van der Waals surface area contributed by atoms with Gasteiger partial charge >= 0.3 is 0 Å². The monoisotopic (exact) mass is 218 g/mol. The van der Waals surface area contributed by atoms with Gasteiger partial charge in [-0.1, -0.05) is 29.2 Å². The SMILES string of the molecule is [O-][N+]1=NC2CC[C@@H]1[C@@]13C=CC=CC21COC3. The molecular formula is C12H14N2O2. The summed E-state index contributed by atoms with van der Waals surface area (Å²) in [5, 5.41) is 16.2. The normalized spacial score (nSPS) is 52.4. The molecule has 0 spiro atoms. The summed E-state index contributed by atoms with van der Waals surface area (Å²) < 4.78 is 5.72. The first-order valence-corrected chi connectivity index (χ1v) is 5.90. The topological polar surface area (TPSA) is 47.7 Å². The van der Waals surface area contributed by atoms with E-state index in [2.05, 4.69) is 29.4 Å². The smallest absolute Gasteiger partial charge is 0.202 e. The van der Waals surface area contributed by atoms with Crippen molar-refractivity contribution in [2.75, 3.05) is 13.2 Å². The zero-order chi connectivity index (χ0) is 10.8. The van der Waals surface area contributed by atoms with Crippen molar-refractivity contribution in [1.82, 2.24) is 0 Å². The van der Waals surface area contributed by atoms with E-state index in [1.807, 2.05) is 0 Å². The first-order chi connectivity index (χ1) is 7.79. The van der Waals surface area contributed by atoms with Crippen molar-refractivity contribution in [3.05, 3.63) is 29.5 Å². The Hall–Kier alpha value is -1.16. The van der Waals surface area contributed by atoms with Crippen molar-refractivity contribution in [1.29, 1.82) is 0 Å². The quantitative estimate of drug-likeness (QED) is 0.458. The van der Waals surface area contributed by atoms with E-state index >= 15 is 0 Å². The zero-order valence-corrected chi connectivity index (χ0v) is 9.00. The fraction of sp³-hybridized carbons (Fsp3) is 0.667. The molecule has 0 aromatic rings. The van der Waals surface area contributed by atoms with Crippen LogP contribution in [0.4, 0.5) is 0 Å². The molecule has 5 aliphatic rings. The molecule has 16 heavy (non-hydrogen) atoms. The number of rotatable bonds is 0. The van der Waals surface area contributed by atoms with Gasteiger partial charge in [0, 0.05) is 6.42 Å². The number of hydrogen-bond acceptors (Lipinski definition) is 3. The number of hydrogen-bond donors (Lipinski definition) is 0. The summed E-state index contributed by atoms with van der Waals surface area (Å²) in [6, 6.07) is 0.0832. The molecule has 0 radical (unpaired) electrons. The van der Waals surface area contributed by atoms with E-state index in [9.17, 15) is 5.21 Å². The predicted molar refractivity (Wildman–Crippen MR) is 56.8 cm³/mol. The van der Waals surface area contributed by atoms with Crippen molar-refractivity contribution in [3.8, 4) is 0 Å². The Morgan fingerprint density at radius 2 is 1.94 bits per heavy atom. The number of allylic oxidation sites excluding steroid dienone is 2. The summed E-state index contributed by atoms with van der Waals surface area (Å²) in [6.45, 7) is 1.38. The van der Waals surface area contributed by atoms with Crippen LogP contribution in [0.2, 0.25) is 0 Å². The van der Waals surface area contributed by atoms with Gasteiger partial charge in [-0.05, 0) is 11.5 Å². The van der Waals surface area contributed by atoms with E-state index in [1.165, 1.54) is 0 Å². The second kappa shape index (κ2) is 2.56. The van der Waals surface area contributed by atoms with Crippen LogP contribution in [0.3, 0.4) is 0 Å². The van der Waals surface area contributed by atoms with E-state index in [1.54, 1.807) is 0 Å². The molecule has 3 heterocycles. The highest BCUT2D eigenvalue weighted by atomic mass is 16.5. The van der Waals surface area contributed by atoms with Crippen LogP contribution < -0.4 is 0 Å². The third kappa shape index (κ3) is 0.725. The van der Waals surface area contributed by atoms with Gasteiger partial charge in [0.1, 0.15) is 6.04 Å². The highest BCUT2D eigenvalue weighted by molar-refractivity contribution is 5.34. The third-order valence-corrected chi connectivity index (χ3v) is 4.87. The Bertz CT molecular complexity index is 442. The first-order valence-electron chi connectivity index (χ1n) is 5.90. The molecule has 2 bridgehead atoms. The number of hydroxylamine groups is 1. The van der Waals surface area contributed by atoms with E-state index in [0.29, 0.717) is 13.2 Å². The lowest BCUT2D eigenvalue weighted by atomic mass is 9.51. The maximum atomic E-state index is 11.9. The predicted octanol–water partition coefficient (Wildman–Crippen LogP) is 1.62. The summed E-state index contributed by atoms with van der Waals surface area (Å²) in [7, 11) is 0. The number of nitrogens with zero attached hydrogens (tertiary/aromatic N) is 2. The van der Waals surface area contributed by atoms with Crippen molar-refractivity contribution in [2.45, 2.75) is 24.9 Å². The Morgan fingerprint density at radius 1 is 1.19 bits per heavy atom. The molecule has 4 heteroatoms. The van der Waals surface area contributed by atoms with Gasteiger partial charge in [-0.3, -0.25) is 0 Å².